The molecule has 0 spiro atoms. The third-order valence-electron chi connectivity index (χ3n) is 2.54. The van der Waals surface area contributed by atoms with Crippen LogP contribution in [-0.2, 0) is 6.54 Å². The first-order valence-electron chi connectivity index (χ1n) is 5.84. The Bertz CT molecular complexity index is 463. The summed E-state index contributed by atoms with van der Waals surface area (Å²) in [5, 5.41) is 8.68. The van der Waals surface area contributed by atoms with E-state index in [2.05, 4.69) is 0 Å². The molecule has 0 heterocycles. The Hall–Kier alpha value is -1.61. The maximum atomic E-state index is 13.8. The second-order valence-electron chi connectivity index (χ2n) is 4.22. The van der Waals surface area contributed by atoms with Crippen molar-refractivity contribution < 1.29 is 17.6 Å². The highest BCUT2D eigenvalue weighted by atomic mass is 19.4. The van der Waals surface area contributed by atoms with Gasteiger partial charge < -0.3 is 0 Å². The third-order valence-corrected chi connectivity index (χ3v) is 2.54. The zero-order chi connectivity index (χ0) is 14.5. The summed E-state index contributed by atoms with van der Waals surface area (Å²) in [5.74, 6) is -0.742. The monoisotopic (exact) mass is 274 g/mol. The van der Waals surface area contributed by atoms with Gasteiger partial charge in [-0.15, -0.1) is 0 Å². The molecule has 0 unspecified atom stereocenters. The number of nitrogens with zero attached hydrogens (tertiary/aromatic N) is 2. The van der Waals surface area contributed by atoms with Crippen LogP contribution in [0.1, 0.15) is 24.5 Å². The summed E-state index contributed by atoms with van der Waals surface area (Å²) in [4.78, 5) is 1.12. The van der Waals surface area contributed by atoms with Gasteiger partial charge in [-0.05, 0) is 19.0 Å². The highest BCUT2D eigenvalue weighted by Crippen LogP contribution is 2.20. The van der Waals surface area contributed by atoms with Gasteiger partial charge in [-0.2, -0.15) is 18.4 Å². The Labute approximate surface area is 109 Å². The van der Waals surface area contributed by atoms with Crippen molar-refractivity contribution >= 4 is 0 Å². The van der Waals surface area contributed by atoms with Gasteiger partial charge in [0.15, 0.2) is 0 Å². The molecule has 0 aliphatic rings. The molecule has 0 aliphatic heterocycles. The topological polar surface area (TPSA) is 27.0 Å². The van der Waals surface area contributed by atoms with E-state index in [-0.39, 0.29) is 24.2 Å². The molecule has 6 heteroatoms. The molecule has 0 aromatic heterocycles. The lowest BCUT2D eigenvalue weighted by Crippen LogP contribution is -2.34. The maximum Gasteiger partial charge on any atom is 0.401 e. The molecule has 0 N–H and O–H groups in total. The number of alkyl halides is 3. The predicted molar refractivity (Wildman–Crippen MR) is 62.7 cm³/mol. The number of hydrogen-bond donors (Lipinski definition) is 0. The lowest BCUT2D eigenvalue weighted by atomic mass is 10.1. The Balaban J connectivity index is 2.88. The number of benzene rings is 1. The maximum absolute atomic E-state index is 13.8. The van der Waals surface area contributed by atoms with Crippen molar-refractivity contribution in [2.75, 3.05) is 13.1 Å². The summed E-state index contributed by atoms with van der Waals surface area (Å²) >= 11 is 0. The Morgan fingerprint density at radius 3 is 2.53 bits per heavy atom. The van der Waals surface area contributed by atoms with Crippen LogP contribution < -0.4 is 0 Å². The van der Waals surface area contributed by atoms with Crippen LogP contribution in [0.15, 0.2) is 18.2 Å². The molecule has 1 aromatic rings. The van der Waals surface area contributed by atoms with Gasteiger partial charge in [0.1, 0.15) is 11.9 Å². The Kier molecular flexibility index (Phi) is 5.31. The van der Waals surface area contributed by atoms with Gasteiger partial charge in [0.25, 0.3) is 0 Å². The minimum absolute atomic E-state index is 0.108. The van der Waals surface area contributed by atoms with Crippen molar-refractivity contribution in [3.63, 3.8) is 0 Å². The van der Waals surface area contributed by atoms with Crippen LogP contribution in [-0.4, -0.2) is 24.2 Å². The van der Waals surface area contributed by atoms with Gasteiger partial charge in [-0.3, -0.25) is 4.90 Å². The summed E-state index contributed by atoms with van der Waals surface area (Å²) in [5.41, 5.74) is -0.0438. The van der Waals surface area contributed by atoms with Crippen molar-refractivity contribution in [1.29, 1.82) is 5.26 Å². The second-order valence-corrected chi connectivity index (χ2v) is 4.22. The van der Waals surface area contributed by atoms with E-state index >= 15 is 0 Å². The van der Waals surface area contributed by atoms with Crippen molar-refractivity contribution in [1.82, 2.24) is 4.90 Å². The van der Waals surface area contributed by atoms with E-state index in [0.29, 0.717) is 6.42 Å². The van der Waals surface area contributed by atoms with E-state index in [1.807, 2.05) is 0 Å². The van der Waals surface area contributed by atoms with Crippen molar-refractivity contribution in [3.05, 3.63) is 35.1 Å². The number of halogens is 4. The zero-order valence-electron chi connectivity index (χ0n) is 10.5. The van der Waals surface area contributed by atoms with Crippen LogP contribution >= 0.6 is 0 Å². The van der Waals surface area contributed by atoms with E-state index in [1.54, 1.807) is 13.0 Å². The molecule has 104 valence electrons. The average molecular weight is 274 g/mol. The van der Waals surface area contributed by atoms with Gasteiger partial charge in [0, 0.05) is 12.1 Å². The quantitative estimate of drug-likeness (QED) is 0.769. The first kappa shape index (κ1) is 15.4. The lowest BCUT2D eigenvalue weighted by molar-refractivity contribution is -0.147. The number of nitriles is 1. The molecular formula is C13H14F4N2. The van der Waals surface area contributed by atoms with Crippen LogP contribution in [0.2, 0.25) is 0 Å². The van der Waals surface area contributed by atoms with Crippen molar-refractivity contribution in [3.8, 4) is 6.07 Å². The molecule has 0 atom stereocenters. The van der Waals surface area contributed by atoms with E-state index in [9.17, 15) is 17.6 Å². The summed E-state index contributed by atoms with van der Waals surface area (Å²) in [6.07, 6.45) is -3.78. The van der Waals surface area contributed by atoms with E-state index < -0.39 is 18.5 Å². The summed E-state index contributed by atoms with van der Waals surface area (Å²) in [6.45, 7) is 0.729. The Morgan fingerprint density at radius 2 is 2.00 bits per heavy atom. The number of hydrogen-bond acceptors (Lipinski definition) is 2. The van der Waals surface area contributed by atoms with E-state index in [4.69, 9.17) is 5.26 Å². The molecule has 2 nitrogen and oxygen atoms in total. The van der Waals surface area contributed by atoms with Gasteiger partial charge in [-0.25, -0.2) is 4.39 Å². The highest BCUT2D eigenvalue weighted by Gasteiger charge is 2.30. The van der Waals surface area contributed by atoms with E-state index in [1.165, 1.54) is 18.2 Å². The predicted octanol–water partition coefficient (Wildman–Crippen LogP) is 3.47. The van der Waals surface area contributed by atoms with Crippen molar-refractivity contribution in [2.24, 2.45) is 0 Å². The fourth-order valence-electron chi connectivity index (χ4n) is 1.81. The van der Waals surface area contributed by atoms with Gasteiger partial charge in [0.2, 0.25) is 0 Å². The van der Waals surface area contributed by atoms with Gasteiger partial charge in [-0.1, -0.05) is 19.1 Å². The molecule has 0 saturated heterocycles. The van der Waals surface area contributed by atoms with Crippen LogP contribution in [0.3, 0.4) is 0 Å². The number of rotatable bonds is 5. The van der Waals surface area contributed by atoms with Crippen LogP contribution in [0.25, 0.3) is 0 Å². The average Bonchev–Trinajstić information content (AvgIpc) is 2.30. The molecule has 1 rings (SSSR count). The van der Waals surface area contributed by atoms with Crippen molar-refractivity contribution in [2.45, 2.75) is 26.1 Å². The molecule has 0 aliphatic carbocycles. The van der Waals surface area contributed by atoms with Crippen LogP contribution in [0.4, 0.5) is 17.6 Å². The minimum atomic E-state index is -4.32. The zero-order valence-corrected chi connectivity index (χ0v) is 10.5. The van der Waals surface area contributed by atoms with E-state index in [0.717, 1.165) is 4.90 Å². The van der Waals surface area contributed by atoms with Gasteiger partial charge >= 0.3 is 6.18 Å². The molecule has 0 saturated carbocycles. The molecule has 0 amide bonds. The summed E-state index contributed by atoms with van der Waals surface area (Å²) in [7, 11) is 0. The normalized spacial score (nSPS) is 11.6. The second kappa shape index (κ2) is 6.53. The minimum Gasteiger partial charge on any atom is -0.291 e. The first-order valence-corrected chi connectivity index (χ1v) is 5.84. The molecular weight excluding hydrogens is 260 g/mol. The molecule has 19 heavy (non-hydrogen) atoms. The largest absolute Gasteiger partial charge is 0.401 e. The summed E-state index contributed by atoms with van der Waals surface area (Å²) in [6, 6.07) is 5.84. The molecule has 0 bridgehead atoms. The molecule has 0 radical (unpaired) electrons. The SMILES string of the molecule is CCCN(Cc1cccc(C#N)c1F)CC(F)(F)F. The smallest absolute Gasteiger partial charge is 0.291 e. The first-order chi connectivity index (χ1) is 8.87. The van der Waals surface area contributed by atoms with Crippen LogP contribution in [0.5, 0.6) is 0 Å². The fraction of sp³-hybridized carbons (Fsp3) is 0.462. The summed E-state index contributed by atoms with van der Waals surface area (Å²) < 4.78 is 50.9. The molecule has 0 fully saturated rings. The highest BCUT2D eigenvalue weighted by molar-refractivity contribution is 5.34. The fourth-order valence-corrected chi connectivity index (χ4v) is 1.81. The van der Waals surface area contributed by atoms with Gasteiger partial charge in [0.05, 0.1) is 12.1 Å². The Morgan fingerprint density at radius 1 is 1.32 bits per heavy atom. The lowest BCUT2D eigenvalue weighted by Gasteiger charge is -2.23. The van der Waals surface area contributed by atoms with Crippen LogP contribution in [0, 0.1) is 17.1 Å². The standard InChI is InChI=1S/C13H14F4N2/c1-2-6-19(9-13(15,16)17)8-11-5-3-4-10(7-18)12(11)14/h3-5H,2,6,8-9H2,1H3. The molecule has 1 aromatic carbocycles. The third kappa shape index (κ3) is 4.87.